The molecule has 0 spiro atoms. The summed E-state index contributed by atoms with van der Waals surface area (Å²) in [4.78, 5) is 10.6. The van der Waals surface area contributed by atoms with Crippen molar-refractivity contribution in [3.8, 4) is 11.8 Å². The SMILES string of the molecule is O=C(O)CC/C=C1/C[C@@H]2[C@@H](C#CCCC3CCC(O)C3)[C@H](O)CC[C@H]12. The fourth-order valence-electron chi connectivity index (χ4n) is 4.87. The van der Waals surface area contributed by atoms with Gasteiger partial charge < -0.3 is 15.3 Å². The van der Waals surface area contributed by atoms with Gasteiger partial charge in [0, 0.05) is 18.8 Å². The first kappa shape index (κ1) is 18.5. The number of aliphatic hydroxyl groups excluding tert-OH is 2. The van der Waals surface area contributed by atoms with Crippen LogP contribution in [0.1, 0.15) is 64.2 Å². The molecule has 4 heteroatoms. The van der Waals surface area contributed by atoms with Gasteiger partial charge in [-0.25, -0.2) is 0 Å². The highest BCUT2D eigenvalue weighted by Crippen LogP contribution is 2.51. The molecule has 0 aromatic carbocycles. The lowest BCUT2D eigenvalue weighted by Crippen LogP contribution is -2.44. The van der Waals surface area contributed by atoms with Gasteiger partial charge in [0.25, 0.3) is 0 Å². The number of carboxylic acids is 1. The summed E-state index contributed by atoms with van der Waals surface area (Å²) in [6.45, 7) is 0. The number of carbonyl (C=O) groups is 1. The standard InChI is InChI=1S/C21H30O4/c22-16-9-8-14(12-16)4-1-2-6-18-19-13-15(5-3-7-21(24)25)17(19)10-11-20(18)23/h5,14,16-20,22-23H,1,3-4,7-13H2,(H,24,25)/b15-5-/t14?,16?,17-,18-,19+,20-/m1/s1. The molecule has 3 rings (SSSR count). The minimum Gasteiger partial charge on any atom is -0.481 e. The predicted molar refractivity (Wildman–Crippen MR) is 95.6 cm³/mol. The van der Waals surface area contributed by atoms with Crippen LogP contribution in [-0.4, -0.2) is 33.5 Å². The van der Waals surface area contributed by atoms with E-state index in [0.29, 0.717) is 24.2 Å². The van der Waals surface area contributed by atoms with Gasteiger partial charge in [0.2, 0.25) is 0 Å². The molecule has 138 valence electrons. The second-order valence-electron chi connectivity index (χ2n) is 8.05. The van der Waals surface area contributed by atoms with Gasteiger partial charge in [0.15, 0.2) is 0 Å². The summed E-state index contributed by atoms with van der Waals surface area (Å²) in [5.74, 6) is 7.53. The van der Waals surface area contributed by atoms with Crippen LogP contribution in [0.2, 0.25) is 0 Å². The third-order valence-electron chi connectivity index (χ3n) is 6.34. The Labute approximate surface area is 150 Å². The average Bonchev–Trinajstić information content (AvgIpc) is 2.95. The minimum atomic E-state index is -0.745. The first-order chi connectivity index (χ1) is 12.0. The molecule has 3 fully saturated rings. The summed E-state index contributed by atoms with van der Waals surface area (Å²) < 4.78 is 0. The highest BCUT2D eigenvalue weighted by Gasteiger charge is 2.46. The molecule has 0 radical (unpaired) electrons. The van der Waals surface area contributed by atoms with E-state index in [9.17, 15) is 15.0 Å². The van der Waals surface area contributed by atoms with Crippen molar-refractivity contribution in [2.45, 2.75) is 76.4 Å². The third kappa shape index (κ3) is 4.65. The number of aliphatic carboxylic acids is 1. The van der Waals surface area contributed by atoms with Gasteiger partial charge in [-0.15, -0.1) is 5.92 Å². The molecule has 0 amide bonds. The van der Waals surface area contributed by atoms with Gasteiger partial charge in [-0.2, -0.15) is 0 Å². The molecule has 0 saturated heterocycles. The highest BCUT2D eigenvalue weighted by molar-refractivity contribution is 5.66. The Morgan fingerprint density at radius 1 is 1.20 bits per heavy atom. The normalized spacial score (nSPS) is 38.6. The Bertz CT molecular complexity index is 570. The van der Waals surface area contributed by atoms with Crippen LogP contribution in [0.4, 0.5) is 0 Å². The lowest BCUT2D eigenvalue weighted by Gasteiger charge is -2.48. The Balaban J connectivity index is 1.48. The highest BCUT2D eigenvalue weighted by atomic mass is 16.4. The van der Waals surface area contributed by atoms with Crippen LogP contribution >= 0.6 is 0 Å². The van der Waals surface area contributed by atoms with Crippen LogP contribution in [-0.2, 0) is 4.79 Å². The van der Waals surface area contributed by atoms with Crippen LogP contribution in [0.25, 0.3) is 0 Å². The molecule has 0 heterocycles. The third-order valence-corrected chi connectivity index (χ3v) is 6.34. The van der Waals surface area contributed by atoms with E-state index in [0.717, 1.165) is 51.4 Å². The van der Waals surface area contributed by atoms with E-state index < -0.39 is 5.97 Å². The fraction of sp³-hybridized carbons (Fsp3) is 0.762. The summed E-state index contributed by atoms with van der Waals surface area (Å²) in [5.41, 5.74) is 1.38. The van der Waals surface area contributed by atoms with Crippen molar-refractivity contribution < 1.29 is 20.1 Å². The van der Waals surface area contributed by atoms with E-state index in [4.69, 9.17) is 5.11 Å². The molecule has 0 aromatic heterocycles. The second-order valence-corrected chi connectivity index (χ2v) is 8.05. The maximum Gasteiger partial charge on any atom is 0.303 e. The van der Waals surface area contributed by atoms with Gasteiger partial charge in [-0.1, -0.05) is 17.6 Å². The molecule has 3 aliphatic carbocycles. The Hall–Kier alpha value is -1.31. The quantitative estimate of drug-likeness (QED) is 0.528. The molecular formula is C21H30O4. The maximum atomic E-state index is 10.6. The van der Waals surface area contributed by atoms with Crippen molar-refractivity contribution in [1.29, 1.82) is 0 Å². The van der Waals surface area contributed by atoms with E-state index in [1.807, 2.05) is 0 Å². The molecule has 0 bridgehead atoms. The van der Waals surface area contributed by atoms with E-state index in [1.165, 1.54) is 5.57 Å². The van der Waals surface area contributed by atoms with Gasteiger partial charge in [-0.3, -0.25) is 4.79 Å². The molecule has 2 unspecified atom stereocenters. The van der Waals surface area contributed by atoms with Crippen molar-refractivity contribution in [2.24, 2.45) is 23.7 Å². The zero-order chi connectivity index (χ0) is 17.8. The Morgan fingerprint density at radius 3 is 2.76 bits per heavy atom. The van der Waals surface area contributed by atoms with Crippen molar-refractivity contribution in [3.63, 3.8) is 0 Å². The van der Waals surface area contributed by atoms with E-state index in [2.05, 4.69) is 17.9 Å². The largest absolute Gasteiger partial charge is 0.481 e. The Kier molecular flexibility index (Phi) is 6.19. The van der Waals surface area contributed by atoms with Crippen LogP contribution in [0.5, 0.6) is 0 Å². The Morgan fingerprint density at radius 2 is 2.04 bits per heavy atom. The molecule has 3 saturated carbocycles. The second kappa shape index (κ2) is 8.38. The van der Waals surface area contributed by atoms with Crippen LogP contribution in [0.15, 0.2) is 11.6 Å². The molecule has 4 nitrogen and oxygen atoms in total. The van der Waals surface area contributed by atoms with Crippen molar-refractivity contribution >= 4 is 5.97 Å². The molecular weight excluding hydrogens is 316 g/mol. The summed E-state index contributed by atoms with van der Waals surface area (Å²) in [6.07, 6.45) is 10.1. The van der Waals surface area contributed by atoms with Crippen molar-refractivity contribution in [2.75, 3.05) is 0 Å². The number of allylic oxidation sites excluding steroid dienone is 2. The monoisotopic (exact) mass is 346 g/mol. The summed E-state index contributed by atoms with van der Waals surface area (Å²) >= 11 is 0. The molecule has 6 atom stereocenters. The molecule has 25 heavy (non-hydrogen) atoms. The number of rotatable bonds is 5. The average molecular weight is 346 g/mol. The summed E-state index contributed by atoms with van der Waals surface area (Å²) in [5, 5.41) is 28.7. The number of hydrogen-bond donors (Lipinski definition) is 3. The van der Waals surface area contributed by atoms with E-state index in [1.54, 1.807) is 0 Å². The maximum absolute atomic E-state index is 10.6. The van der Waals surface area contributed by atoms with Crippen LogP contribution in [0, 0.1) is 35.5 Å². The summed E-state index contributed by atoms with van der Waals surface area (Å²) in [6, 6.07) is 0. The molecule has 0 aliphatic heterocycles. The summed E-state index contributed by atoms with van der Waals surface area (Å²) in [7, 11) is 0. The first-order valence-electron chi connectivity index (χ1n) is 9.80. The zero-order valence-corrected chi connectivity index (χ0v) is 14.9. The molecule has 0 aromatic rings. The van der Waals surface area contributed by atoms with E-state index in [-0.39, 0.29) is 24.5 Å². The van der Waals surface area contributed by atoms with Gasteiger partial charge >= 0.3 is 5.97 Å². The minimum absolute atomic E-state index is 0.0737. The number of fused-ring (bicyclic) bond motifs is 1. The van der Waals surface area contributed by atoms with Gasteiger partial charge in [-0.05, 0) is 69.1 Å². The number of hydrogen-bond acceptors (Lipinski definition) is 3. The smallest absolute Gasteiger partial charge is 0.303 e. The number of aliphatic hydroxyl groups is 2. The molecule has 3 aliphatic rings. The van der Waals surface area contributed by atoms with Crippen LogP contribution in [0.3, 0.4) is 0 Å². The van der Waals surface area contributed by atoms with Crippen molar-refractivity contribution in [3.05, 3.63) is 11.6 Å². The number of carboxylic acid groups (broad SMARTS) is 1. The van der Waals surface area contributed by atoms with Gasteiger partial charge in [0.1, 0.15) is 0 Å². The topological polar surface area (TPSA) is 77.8 Å². The molecule has 3 N–H and O–H groups in total. The van der Waals surface area contributed by atoms with E-state index >= 15 is 0 Å². The zero-order valence-electron chi connectivity index (χ0n) is 14.9. The van der Waals surface area contributed by atoms with Gasteiger partial charge in [0.05, 0.1) is 12.2 Å². The lowest BCUT2D eigenvalue weighted by atomic mass is 9.57. The lowest BCUT2D eigenvalue weighted by molar-refractivity contribution is -0.136. The first-order valence-corrected chi connectivity index (χ1v) is 9.80. The predicted octanol–water partition coefficient (Wildman–Crippen LogP) is 3.13. The van der Waals surface area contributed by atoms with Crippen molar-refractivity contribution in [1.82, 2.24) is 0 Å². The van der Waals surface area contributed by atoms with Crippen LogP contribution < -0.4 is 0 Å². The fourth-order valence-corrected chi connectivity index (χ4v) is 4.87.